The predicted molar refractivity (Wildman–Crippen MR) is 40.5 cm³/mol. The van der Waals surface area contributed by atoms with Crippen LogP contribution in [0.2, 0.25) is 0 Å². The fourth-order valence-corrected chi connectivity index (χ4v) is 0.232. The molecule has 0 unspecified atom stereocenters. The monoisotopic (exact) mass is 142 g/mol. The van der Waals surface area contributed by atoms with E-state index in [0.717, 1.165) is 0 Å². The van der Waals surface area contributed by atoms with Crippen LogP contribution in [0.15, 0.2) is 0 Å². The molecule has 0 heterocycles. The van der Waals surface area contributed by atoms with Crippen molar-refractivity contribution < 1.29 is 9.47 Å². The van der Waals surface area contributed by atoms with Crippen LogP contribution in [0.25, 0.3) is 0 Å². The van der Waals surface area contributed by atoms with Crippen LogP contribution in [0.4, 0.5) is 0 Å². The van der Waals surface area contributed by atoms with Crippen molar-refractivity contribution >= 4 is 0 Å². The molecular formula is C8H14O2. The summed E-state index contributed by atoms with van der Waals surface area (Å²) < 4.78 is 9.18. The minimum absolute atomic E-state index is 0.486. The van der Waals surface area contributed by atoms with Gasteiger partial charge in [-0.25, -0.2) is 0 Å². The van der Waals surface area contributed by atoms with Gasteiger partial charge in [0.2, 0.25) is 6.29 Å². The zero-order valence-electron chi connectivity index (χ0n) is 6.59. The third-order valence-corrected chi connectivity index (χ3v) is 0.918. The standard InChI is InChI=1S/C5H8O2.C3H6/c1-4-5(6-2)7-3;1-2-3-1/h1,5H,2-3H3;1-3H2. The Bertz CT molecular complexity index is 95.6. The summed E-state index contributed by atoms with van der Waals surface area (Å²) in [4.78, 5) is 0. The van der Waals surface area contributed by atoms with Crippen LogP contribution in [-0.2, 0) is 9.47 Å². The molecule has 2 heteroatoms. The minimum atomic E-state index is -0.486. The van der Waals surface area contributed by atoms with Gasteiger partial charge in [0.1, 0.15) is 0 Å². The summed E-state index contributed by atoms with van der Waals surface area (Å²) in [6.07, 6.45) is 8.91. The topological polar surface area (TPSA) is 18.5 Å². The average molecular weight is 142 g/mol. The van der Waals surface area contributed by atoms with Crippen LogP contribution >= 0.6 is 0 Å². The molecule has 0 N–H and O–H groups in total. The van der Waals surface area contributed by atoms with E-state index in [2.05, 4.69) is 15.4 Å². The first-order chi connectivity index (χ1) is 4.85. The quantitative estimate of drug-likeness (QED) is 0.428. The zero-order chi connectivity index (χ0) is 7.82. The third-order valence-electron chi connectivity index (χ3n) is 0.918. The molecule has 1 rings (SSSR count). The van der Waals surface area contributed by atoms with Gasteiger partial charge in [-0.15, -0.1) is 6.42 Å². The Labute approximate surface area is 62.5 Å². The van der Waals surface area contributed by atoms with Gasteiger partial charge in [0, 0.05) is 14.2 Å². The molecule has 1 aliphatic rings. The summed E-state index contributed by atoms with van der Waals surface area (Å²) in [5.74, 6) is 2.26. The lowest BCUT2D eigenvalue weighted by Crippen LogP contribution is -2.08. The van der Waals surface area contributed by atoms with Gasteiger partial charge < -0.3 is 9.47 Å². The van der Waals surface area contributed by atoms with E-state index in [4.69, 9.17) is 6.42 Å². The lowest BCUT2D eigenvalue weighted by molar-refractivity contribution is -0.0594. The second kappa shape index (κ2) is 6.60. The van der Waals surface area contributed by atoms with E-state index >= 15 is 0 Å². The Morgan fingerprint density at radius 3 is 1.60 bits per heavy atom. The summed E-state index contributed by atoms with van der Waals surface area (Å²) in [5, 5.41) is 0. The second-order valence-electron chi connectivity index (χ2n) is 2.03. The van der Waals surface area contributed by atoms with Crippen molar-refractivity contribution in [1.82, 2.24) is 0 Å². The zero-order valence-corrected chi connectivity index (χ0v) is 6.59. The van der Waals surface area contributed by atoms with E-state index in [0.29, 0.717) is 0 Å². The van der Waals surface area contributed by atoms with E-state index in [1.54, 1.807) is 0 Å². The maximum atomic E-state index is 4.89. The van der Waals surface area contributed by atoms with Crippen molar-refractivity contribution in [3.8, 4) is 12.3 Å². The van der Waals surface area contributed by atoms with Crippen molar-refractivity contribution in [1.29, 1.82) is 0 Å². The second-order valence-corrected chi connectivity index (χ2v) is 2.03. The summed E-state index contributed by atoms with van der Waals surface area (Å²) in [6.45, 7) is 0. The van der Waals surface area contributed by atoms with Gasteiger partial charge in [0.05, 0.1) is 0 Å². The number of hydrogen-bond acceptors (Lipinski definition) is 2. The first kappa shape index (κ1) is 9.48. The number of hydrogen-bond donors (Lipinski definition) is 0. The van der Waals surface area contributed by atoms with Crippen molar-refractivity contribution in [2.24, 2.45) is 0 Å². The van der Waals surface area contributed by atoms with Crippen molar-refractivity contribution in [3.05, 3.63) is 0 Å². The maximum Gasteiger partial charge on any atom is 0.221 e. The lowest BCUT2D eigenvalue weighted by Gasteiger charge is -2.02. The Kier molecular flexibility index (Phi) is 6.25. The predicted octanol–water partition coefficient (Wildman–Crippen LogP) is 1.41. The molecule has 10 heavy (non-hydrogen) atoms. The molecule has 1 aliphatic carbocycles. The van der Waals surface area contributed by atoms with E-state index in [1.165, 1.54) is 33.5 Å². The molecule has 0 amide bonds. The smallest absolute Gasteiger partial charge is 0.221 e. The Morgan fingerprint density at radius 2 is 1.60 bits per heavy atom. The fourth-order valence-electron chi connectivity index (χ4n) is 0.232. The Balaban J connectivity index is 0.000000219. The number of rotatable bonds is 2. The largest absolute Gasteiger partial charge is 0.345 e. The molecule has 0 aromatic carbocycles. The highest BCUT2D eigenvalue weighted by molar-refractivity contribution is 4.88. The van der Waals surface area contributed by atoms with Gasteiger partial charge in [-0.1, -0.05) is 19.3 Å². The SMILES string of the molecule is C#CC(OC)OC.C1CC1. The van der Waals surface area contributed by atoms with E-state index in [9.17, 15) is 0 Å². The highest BCUT2D eigenvalue weighted by Gasteiger charge is 1.95. The van der Waals surface area contributed by atoms with Gasteiger partial charge in [0.15, 0.2) is 0 Å². The number of terminal acetylenes is 1. The summed E-state index contributed by atoms with van der Waals surface area (Å²) in [5.41, 5.74) is 0. The van der Waals surface area contributed by atoms with E-state index in [1.807, 2.05) is 0 Å². The highest BCUT2D eigenvalue weighted by Crippen LogP contribution is 2.14. The average Bonchev–Trinajstić information content (AvgIpc) is 2.76. The molecule has 0 bridgehead atoms. The first-order valence-corrected chi connectivity index (χ1v) is 3.37. The molecule has 58 valence electrons. The Morgan fingerprint density at radius 1 is 1.20 bits per heavy atom. The van der Waals surface area contributed by atoms with Gasteiger partial charge in [0.25, 0.3) is 0 Å². The van der Waals surface area contributed by atoms with Gasteiger partial charge in [-0.2, -0.15) is 0 Å². The summed E-state index contributed by atoms with van der Waals surface area (Å²) >= 11 is 0. The molecule has 2 nitrogen and oxygen atoms in total. The van der Waals surface area contributed by atoms with Crippen molar-refractivity contribution in [3.63, 3.8) is 0 Å². The first-order valence-electron chi connectivity index (χ1n) is 3.37. The highest BCUT2D eigenvalue weighted by atomic mass is 16.7. The van der Waals surface area contributed by atoms with Gasteiger partial charge >= 0.3 is 0 Å². The normalized spacial score (nSPS) is 13.4. The fraction of sp³-hybridized carbons (Fsp3) is 0.750. The number of ether oxygens (including phenoxy) is 2. The lowest BCUT2D eigenvalue weighted by atomic mass is 10.7. The third kappa shape index (κ3) is 7.48. The van der Waals surface area contributed by atoms with Crippen LogP contribution in [0.5, 0.6) is 0 Å². The summed E-state index contributed by atoms with van der Waals surface area (Å²) in [7, 11) is 2.99. The summed E-state index contributed by atoms with van der Waals surface area (Å²) in [6, 6.07) is 0. The van der Waals surface area contributed by atoms with E-state index in [-0.39, 0.29) is 0 Å². The maximum absolute atomic E-state index is 4.89. The molecular weight excluding hydrogens is 128 g/mol. The number of methoxy groups -OCH3 is 2. The molecule has 0 radical (unpaired) electrons. The van der Waals surface area contributed by atoms with Crippen molar-refractivity contribution in [2.45, 2.75) is 25.6 Å². The van der Waals surface area contributed by atoms with Crippen LogP contribution in [0.1, 0.15) is 19.3 Å². The molecule has 0 saturated heterocycles. The van der Waals surface area contributed by atoms with Crippen LogP contribution in [-0.4, -0.2) is 20.5 Å². The van der Waals surface area contributed by atoms with Gasteiger partial charge in [-0.05, 0) is 5.92 Å². The van der Waals surface area contributed by atoms with Crippen molar-refractivity contribution in [2.75, 3.05) is 14.2 Å². The van der Waals surface area contributed by atoms with Gasteiger partial charge in [-0.3, -0.25) is 0 Å². The van der Waals surface area contributed by atoms with Crippen LogP contribution in [0, 0.1) is 12.3 Å². The Hall–Kier alpha value is -0.520. The molecule has 1 saturated carbocycles. The molecule has 0 spiro atoms. The van der Waals surface area contributed by atoms with E-state index < -0.39 is 6.29 Å². The molecule has 0 aromatic heterocycles. The molecule has 0 aromatic rings. The van der Waals surface area contributed by atoms with Crippen LogP contribution < -0.4 is 0 Å². The molecule has 0 aliphatic heterocycles. The molecule has 1 fully saturated rings. The minimum Gasteiger partial charge on any atom is -0.345 e. The van der Waals surface area contributed by atoms with Crippen LogP contribution in [0.3, 0.4) is 0 Å². The molecule has 0 atom stereocenters.